The fourth-order valence-corrected chi connectivity index (χ4v) is 0.565. The van der Waals surface area contributed by atoms with Crippen LogP contribution in [0.1, 0.15) is 6.92 Å². The number of carboxylic acid groups (broad SMARTS) is 1. The highest BCUT2D eigenvalue weighted by Crippen LogP contribution is 1.95. The molecule has 0 amide bonds. The molecule has 0 radical (unpaired) electrons. The van der Waals surface area contributed by atoms with Gasteiger partial charge in [0.05, 0.1) is 6.61 Å². The molecular formula is C7H12O3. The summed E-state index contributed by atoms with van der Waals surface area (Å²) in [4.78, 5) is 9.98. The van der Waals surface area contributed by atoms with Crippen LogP contribution < -0.4 is 0 Å². The minimum Gasteiger partial charge on any atom is -0.478 e. The number of methoxy groups -OCH3 is 1. The van der Waals surface area contributed by atoms with Crippen LogP contribution in [0.2, 0.25) is 0 Å². The lowest BCUT2D eigenvalue weighted by molar-refractivity contribution is -0.131. The molecular weight excluding hydrogens is 132 g/mol. The first kappa shape index (κ1) is 9.17. The molecule has 0 saturated carbocycles. The number of hydrogen-bond acceptors (Lipinski definition) is 2. The lowest BCUT2D eigenvalue weighted by Crippen LogP contribution is -2.00. The fourth-order valence-electron chi connectivity index (χ4n) is 0.565. The van der Waals surface area contributed by atoms with E-state index in [1.165, 1.54) is 0 Å². The van der Waals surface area contributed by atoms with Gasteiger partial charge in [0.25, 0.3) is 0 Å². The van der Waals surface area contributed by atoms with Crippen LogP contribution >= 0.6 is 0 Å². The number of ether oxygens (including phenoxy) is 1. The highest BCUT2D eigenvalue weighted by atomic mass is 16.5. The fraction of sp³-hybridized carbons (Fsp3) is 0.571. The van der Waals surface area contributed by atoms with Crippen molar-refractivity contribution in [1.82, 2.24) is 0 Å². The summed E-state index contributed by atoms with van der Waals surface area (Å²) >= 11 is 0. The summed E-state index contributed by atoms with van der Waals surface area (Å²) in [7, 11) is 1.59. The maximum atomic E-state index is 9.98. The molecule has 0 spiro atoms. The third-order valence-corrected chi connectivity index (χ3v) is 0.997. The highest BCUT2D eigenvalue weighted by Gasteiger charge is 1.94. The molecule has 1 unspecified atom stereocenters. The summed E-state index contributed by atoms with van der Waals surface area (Å²) < 4.78 is 4.79. The Hall–Kier alpha value is -0.830. The number of carbonyl (C=O) groups is 1. The lowest BCUT2D eigenvalue weighted by atomic mass is 10.2. The molecule has 0 fully saturated rings. The summed E-state index contributed by atoms with van der Waals surface area (Å²) in [5, 5.41) is 8.20. The zero-order chi connectivity index (χ0) is 7.98. The van der Waals surface area contributed by atoms with Gasteiger partial charge in [-0.05, 0) is 5.92 Å². The van der Waals surface area contributed by atoms with Crippen molar-refractivity contribution in [2.45, 2.75) is 6.92 Å². The van der Waals surface area contributed by atoms with Crippen LogP contribution in [0, 0.1) is 5.92 Å². The van der Waals surface area contributed by atoms with Gasteiger partial charge in [-0.15, -0.1) is 0 Å². The zero-order valence-electron chi connectivity index (χ0n) is 6.20. The van der Waals surface area contributed by atoms with Crippen LogP contribution in [0.15, 0.2) is 12.2 Å². The Balaban J connectivity index is 3.55. The number of hydrogen-bond donors (Lipinski definition) is 1. The van der Waals surface area contributed by atoms with Gasteiger partial charge >= 0.3 is 5.97 Å². The van der Waals surface area contributed by atoms with E-state index in [4.69, 9.17) is 9.84 Å². The van der Waals surface area contributed by atoms with Crippen molar-refractivity contribution in [2.75, 3.05) is 13.7 Å². The molecule has 0 aromatic heterocycles. The Kier molecular flexibility index (Phi) is 4.58. The van der Waals surface area contributed by atoms with E-state index in [-0.39, 0.29) is 5.92 Å². The zero-order valence-corrected chi connectivity index (χ0v) is 6.20. The van der Waals surface area contributed by atoms with Gasteiger partial charge in [-0.2, -0.15) is 0 Å². The first-order valence-corrected chi connectivity index (χ1v) is 3.07. The van der Waals surface area contributed by atoms with Gasteiger partial charge in [-0.3, -0.25) is 0 Å². The molecule has 0 bridgehead atoms. The van der Waals surface area contributed by atoms with Gasteiger partial charge in [0.15, 0.2) is 0 Å². The van der Waals surface area contributed by atoms with Crippen LogP contribution in [0.5, 0.6) is 0 Å². The summed E-state index contributed by atoms with van der Waals surface area (Å²) in [5.41, 5.74) is 0. The average molecular weight is 144 g/mol. The molecule has 3 heteroatoms. The van der Waals surface area contributed by atoms with Crippen molar-refractivity contribution in [1.29, 1.82) is 0 Å². The van der Waals surface area contributed by atoms with Gasteiger partial charge in [-0.25, -0.2) is 4.79 Å². The SMILES string of the molecule is COCC(C)C=CC(=O)O. The van der Waals surface area contributed by atoms with Crippen LogP contribution in [-0.4, -0.2) is 24.8 Å². The van der Waals surface area contributed by atoms with Crippen molar-refractivity contribution in [3.05, 3.63) is 12.2 Å². The molecule has 0 heterocycles. The normalized spacial score (nSPS) is 13.8. The van der Waals surface area contributed by atoms with E-state index in [1.807, 2.05) is 6.92 Å². The largest absolute Gasteiger partial charge is 0.478 e. The number of rotatable bonds is 4. The molecule has 0 aliphatic carbocycles. The molecule has 1 atom stereocenters. The second-order valence-corrected chi connectivity index (χ2v) is 2.13. The molecule has 3 nitrogen and oxygen atoms in total. The summed E-state index contributed by atoms with van der Waals surface area (Å²) in [6.45, 7) is 2.45. The van der Waals surface area contributed by atoms with Gasteiger partial charge in [-0.1, -0.05) is 13.0 Å². The van der Waals surface area contributed by atoms with Crippen LogP contribution in [0.4, 0.5) is 0 Å². The van der Waals surface area contributed by atoms with Crippen molar-refractivity contribution in [2.24, 2.45) is 5.92 Å². The molecule has 10 heavy (non-hydrogen) atoms. The average Bonchev–Trinajstić information content (AvgIpc) is 1.85. The standard InChI is InChI=1S/C7H12O3/c1-6(5-10-2)3-4-7(8)9/h3-4,6H,5H2,1-2H3,(H,8,9). The van der Waals surface area contributed by atoms with Gasteiger partial charge < -0.3 is 9.84 Å². The molecule has 0 aromatic carbocycles. The van der Waals surface area contributed by atoms with Crippen molar-refractivity contribution in [3.8, 4) is 0 Å². The Labute approximate surface area is 60.3 Å². The van der Waals surface area contributed by atoms with Crippen molar-refractivity contribution >= 4 is 5.97 Å². The lowest BCUT2D eigenvalue weighted by Gasteiger charge is -2.01. The molecule has 58 valence electrons. The molecule has 0 aliphatic rings. The molecule has 0 saturated heterocycles. The Morgan fingerprint density at radius 1 is 1.80 bits per heavy atom. The molecule has 0 aromatic rings. The number of carboxylic acids is 1. The van der Waals surface area contributed by atoms with Crippen molar-refractivity contribution in [3.63, 3.8) is 0 Å². The van der Waals surface area contributed by atoms with Crippen LogP contribution in [0.25, 0.3) is 0 Å². The monoisotopic (exact) mass is 144 g/mol. The second-order valence-electron chi connectivity index (χ2n) is 2.13. The first-order chi connectivity index (χ1) is 4.66. The van der Waals surface area contributed by atoms with Crippen LogP contribution in [-0.2, 0) is 9.53 Å². The molecule has 0 rings (SSSR count). The van der Waals surface area contributed by atoms with E-state index >= 15 is 0 Å². The van der Waals surface area contributed by atoms with Gasteiger partial charge in [0.1, 0.15) is 0 Å². The maximum absolute atomic E-state index is 9.98. The molecule has 1 N–H and O–H groups in total. The molecule has 0 aliphatic heterocycles. The summed E-state index contributed by atoms with van der Waals surface area (Å²) in [6.07, 6.45) is 2.73. The van der Waals surface area contributed by atoms with E-state index in [0.717, 1.165) is 6.08 Å². The second kappa shape index (κ2) is 4.99. The number of aliphatic carboxylic acids is 1. The Bertz CT molecular complexity index is 129. The quantitative estimate of drug-likeness (QED) is 0.596. The smallest absolute Gasteiger partial charge is 0.327 e. The Morgan fingerprint density at radius 2 is 2.40 bits per heavy atom. The topological polar surface area (TPSA) is 46.5 Å². The summed E-state index contributed by atoms with van der Waals surface area (Å²) in [5.74, 6) is -0.746. The minimum atomic E-state index is -0.914. The minimum absolute atomic E-state index is 0.168. The van der Waals surface area contributed by atoms with Crippen LogP contribution in [0.3, 0.4) is 0 Å². The third-order valence-electron chi connectivity index (χ3n) is 0.997. The highest BCUT2D eigenvalue weighted by molar-refractivity contribution is 5.79. The predicted molar refractivity (Wildman–Crippen MR) is 37.8 cm³/mol. The van der Waals surface area contributed by atoms with Gasteiger partial charge in [0, 0.05) is 13.2 Å². The maximum Gasteiger partial charge on any atom is 0.327 e. The third kappa shape index (κ3) is 5.31. The van der Waals surface area contributed by atoms with Gasteiger partial charge in [0.2, 0.25) is 0 Å². The van der Waals surface area contributed by atoms with E-state index in [2.05, 4.69) is 0 Å². The van der Waals surface area contributed by atoms with E-state index in [0.29, 0.717) is 6.61 Å². The Morgan fingerprint density at radius 3 is 2.80 bits per heavy atom. The van der Waals surface area contributed by atoms with Crippen molar-refractivity contribution < 1.29 is 14.6 Å². The summed E-state index contributed by atoms with van der Waals surface area (Å²) in [6, 6.07) is 0. The van der Waals surface area contributed by atoms with E-state index < -0.39 is 5.97 Å². The van der Waals surface area contributed by atoms with E-state index in [9.17, 15) is 4.79 Å². The van der Waals surface area contributed by atoms with E-state index in [1.54, 1.807) is 13.2 Å². The predicted octanol–water partition coefficient (Wildman–Crippen LogP) is 0.910. The first-order valence-electron chi connectivity index (χ1n) is 3.07.